The van der Waals surface area contributed by atoms with Crippen molar-refractivity contribution in [2.45, 2.75) is 6.04 Å². The van der Waals surface area contributed by atoms with Gasteiger partial charge in [0.1, 0.15) is 18.1 Å². The lowest BCUT2D eigenvalue weighted by atomic mass is 10.0. The van der Waals surface area contributed by atoms with E-state index >= 15 is 0 Å². The van der Waals surface area contributed by atoms with Gasteiger partial charge in [0.25, 0.3) is 0 Å². The van der Waals surface area contributed by atoms with E-state index in [4.69, 9.17) is 4.74 Å². The maximum Gasteiger partial charge on any atom is 0.226 e. The predicted molar refractivity (Wildman–Crippen MR) is 104 cm³/mol. The van der Waals surface area contributed by atoms with Gasteiger partial charge in [-0.05, 0) is 35.9 Å². The van der Waals surface area contributed by atoms with E-state index in [-0.39, 0.29) is 6.04 Å². The lowest BCUT2D eigenvalue weighted by Crippen LogP contribution is -2.20. The van der Waals surface area contributed by atoms with Crippen molar-refractivity contribution >= 4 is 17.3 Å². The van der Waals surface area contributed by atoms with Crippen LogP contribution in [0.3, 0.4) is 0 Å². The highest BCUT2D eigenvalue weighted by Crippen LogP contribution is 2.33. The van der Waals surface area contributed by atoms with Crippen LogP contribution >= 0.6 is 0 Å². The monoisotopic (exact) mass is 347 g/mol. The zero-order valence-electron chi connectivity index (χ0n) is 15.0. The molecule has 0 spiro atoms. The first kappa shape index (κ1) is 16.2. The molecule has 0 saturated heterocycles. The van der Waals surface area contributed by atoms with E-state index in [0.717, 1.165) is 28.5 Å². The molecule has 0 bridgehead atoms. The van der Waals surface area contributed by atoms with Gasteiger partial charge in [0.2, 0.25) is 5.95 Å². The highest BCUT2D eigenvalue weighted by molar-refractivity contribution is 5.77. The highest BCUT2D eigenvalue weighted by Gasteiger charge is 2.23. The summed E-state index contributed by atoms with van der Waals surface area (Å²) < 4.78 is 7.25. The summed E-state index contributed by atoms with van der Waals surface area (Å²) in [6, 6.07) is 16.5. The van der Waals surface area contributed by atoms with Gasteiger partial charge in [0.15, 0.2) is 0 Å². The average molecular weight is 347 g/mol. The largest absolute Gasteiger partial charge is 0.497 e. The Labute approximate surface area is 152 Å². The fourth-order valence-electron chi connectivity index (χ4n) is 3.10. The van der Waals surface area contributed by atoms with E-state index in [2.05, 4.69) is 56.7 Å². The van der Waals surface area contributed by atoms with Gasteiger partial charge < -0.3 is 15.0 Å². The Kier molecular flexibility index (Phi) is 4.08. The minimum atomic E-state index is -0.0221. The fourth-order valence-corrected chi connectivity index (χ4v) is 3.10. The van der Waals surface area contributed by atoms with Crippen LogP contribution in [-0.4, -0.2) is 36.0 Å². The van der Waals surface area contributed by atoms with Crippen molar-refractivity contribution in [2.75, 3.05) is 31.4 Å². The molecular weight excluding hydrogens is 326 g/mol. The molecule has 0 fully saturated rings. The summed E-state index contributed by atoms with van der Waals surface area (Å²) in [5.74, 6) is 1.55. The number of methoxy groups -OCH3 is 1. The number of fused-ring (bicyclic) bond motifs is 1. The summed E-state index contributed by atoms with van der Waals surface area (Å²) in [4.78, 5) is 6.44. The molecule has 0 amide bonds. The molecular formula is C20H21N5O. The Balaban J connectivity index is 1.75. The third kappa shape index (κ3) is 2.90. The van der Waals surface area contributed by atoms with Gasteiger partial charge in [0.05, 0.1) is 7.11 Å². The van der Waals surface area contributed by atoms with Gasteiger partial charge in [-0.3, -0.25) is 0 Å². The minimum absolute atomic E-state index is 0.0221. The predicted octanol–water partition coefficient (Wildman–Crippen LogP) is 3.41. The molecule has 1 aromatic heterocycles. The number of benzene rings is 2. The van der Waals surface area contributed by atoms with Crippen LogP contribution in [0.4, 0.5) is 11.6 Å². The minimum Gasteiger partial charge on any atom is -0.497 e. The second-order valence-corrected chi connectivity index (χ2v) is 6.40. The third-order valence-electron chi connectivity index (χ3n) is 4.54. The van der Waals surface area contributed by atoms with Crippen molar-refractivity contribution < 1.29 is 4.74 Å². The van der Waals surface area contributed by atoms with E-state index in [0.29, 0.717) is 0 Å². The Morgan fingerprint density at radius 1 is 1.12 bits per heavy atom. The molecule has 1 aliphatic heterocycles. The normalized spacial score (nSPS) is 15.7. The number of allylic oxidation sites excluding steroid dienone is 1. The molecule has 0 saturated carbocycles. The van der Waals surface area contributed by atoms with Crippen LogP contribution in [0, 0.1) is 0 Å². The summed E-state index contributed by atoms with van der Waals surface area (Å²) in [6.45, 7) is 0. The lowest BCUT2D eigenvalue weighted by molar-refractivity contribution is 0.414. The number of anilines is 2. The van der Waals surface area contributed by atoms with Crippen molar-refractivity contribution in [3.8, 4) is 5.75 Å². The number of hydrogen-bond donors (Lipinski definition) is 1. The number of nitrogens with one attached hydrogen (secondary N) is 1. The molecule has 1 N–H and O–H groups in total. The maximum atomic E-state index is 5.35. The zero-order chi connectivity index (χ0) is 18.1. The van der Waals surface area contributed by atoms with Crippen molar-refractivity contribution in [1.29, 1.82) is 0 Å². The van der Waals surface area contributed by atoms with Crippen molar-refractivity contribution in [3.05, 3.63) is 72.1 Å². The second-order valence-electron chi connectivity index (χ2n) is 6.40. The Morgan fingerprint density at radius 2 is 1.92 bits per heavy atom. The first-order valence-electron chi connectivity index (χ1n) is 8.46. The number of rotatable bonds is 4. The van der Waals surface area contributed by atoms with Crippen LogP contribution in [0.1, 0.15) is 17.2 Å². The van der Waals surface area contributed by atoms with Crippen LogP contribution in [0.5, 0.6) is 5.75 Å². The number of hydrogen-bond acceptors (Lipinski definition) is 5. The Morgan fingerprint density at radius 3 is 2.65 bits per heavy atom. The average Bonchev–Trinajstić information content (AvgIpc) is 3.16. The van der Waals surface area contributed by atoms with Gasteiger partial charge >= 0.3 is 0 Å². The lowest BCUT2D eigenvalue weighted by Gasteiger charge is -2.25. The molecule has 2 heterocycles. The summed E-state index contributed by atoms with van der Waals surface area (Å²) >= 11 is 0. The summed E-state index contributed by atoms with van der Waals surface area (Å²) in [5.41, 5.74) is 4.36. The summed E-state index contributed by atoms with van der Waals surface area (Å²) in [7, 11) is 5.75. The zero-order valence-corrected chi connectivity index (χ0v) is 15.0. The summed E-state index contributed by atoms with van der Waals surface area (Å²) in [5, 5.41) is 7.76. The van der Waals surface area contributed by atoms with Gasteiger partial charge in [-0.1, -0.05) is 24.3 Å². The van der Waals surface area contributed by atoms with Crippen molar-refractivity contribution in [3.63, 3.8) is 0 Å². The fraction of sp³-hybridized carbons (Fsp3) is 0.200. The van der Waals surface area contributed by atoms with Crippen LogP contribution in [-0.2, 0) is 0 Å². The van der Waals surface area contributed by atoms with E-state index in [1.807, 2.05) is 37.0 Å². The van der Waals surface area contributed by atoms with Crippen LogP contribution in [0.15, 0.2) is 60.9 Å². The Hall–Kier alpha value is -3.28. The molecule has 3 aromatic rings. The second kappa shape index (κ2) is 6.55. The van der Waals surface area contributed by atoms with Gasteiger partial charge in [-0.25, -0.2) is 4.68 Å². The molecule has 0 unspecified atom stereocenters. The van der Waals surface area contributed by atoms with E-state index in [1.165, 1.54) is 5.69 Å². The molecule has 0 radical (unpaired) electrons. The molecule has 1 aliphatic rings. The van der Waals surface area contributed by atoms with E-state index in [9.17, 15) is 0 Å². The maximum absolute atomic E-state index is 5.35. The molecule has 6 heteroatoms. The molecule has 1 atom stereocenters. The molecule has 0 aliphatic carbocycles. The molecule has 26 heavy (non-hydrogen) atoms. The van der Waals surface area contributed by atoms with Gasteiger partial charge in [-0.15, -0.1) is 0 Å². The molecule has 2 aromatic carbocycles. The van der Waals surface area contributed by atoms with E-state index in [1.54, 1.807) is 13.4 Å². The third-order valence-corrected chi connectivity index (χ3v) is 4.54. The molecule has 4 rings (SSSR count). The highest BCUT2D eigenvalue weighted by atomic mass is 16.5. The first-order valence-corrected chi connectivity index (χ1v) is 8.46. The summed E-state index contributed by atoms with van der Waals surface area (Å²) in [6.07, 6.45) is 3.74. The van der Waals surface area contributed by atoms with Crippen LogP contribution < -0.4 is 15.0 Å². The van der Waals surface area contributed by atoms with E-state index < -0.39 is 0 Å². The molecule has 132 valence electrons. The number of aromatic nitrogens is 3. The van der Waals surface area contributed by atoms with Crippen LogP contribution in [0.25, 0.3) is 5.70 Å². The first-order chi connectivity index (χ1) is 12.7. The van der Waals surface area contributed by atoms with Crippen molar-refractivity contribution in [1.82, 2.24) is 14.8 Å². The van der Waals surface area contributed by atoms with Gasteiger partial charge in [-0.2, -0.15) is 10.1 Å². The SMILES string of the molecule is COc1cccc(C2=C[C@@H](c3ccc(N(C)C)cc3)n3ncnc3N2)c1. The molecule has 6 nitrogen and oxygen atoms in total. The number of ether oxygens (including phenoxy) is 1. The van der Waals surface area contributed by atoms with Crippen LogP contribution in [0.2, 0.25) is 0 Å². The quantitative estimate of drug-likeness (QED) is 0.784. The van der Waals surface area contributed by atoms with Gasteiger partial charge in [0, 0.05) is 31.0 Å². The Bertz CT molecular complexity index is 943. The topological polar surface area (TPSA) is 55.2 Å². The standard InChI is InChI=1S/C20H21N5O/c1-24(2)16-9-7-14(8-10-16)19-12-18(23-20-21-13-22-25(19)20)15-5-4-6-17(11-15)26-3/h4-13,19H,1-3H3,(H,21,22,23)/t19-/m0/s1. The number of nitrogens with zero attached hydrogens (tertiary/aromatic N) is 4. The van der Waals surface area contributed by atoms with Crippen molar-refractivity contribution in [2.24, 2.45) is 0 Å². The smallest absolute Gasteiger partial charge is 0.226 e.